The summed E-state index contributed by atoms with van der Waals surface area (Å²) >= 11 is 0. The topological polar surface area (TPSA) is 29.3 Å². The second kappa shape index (κ2) is 4.83. The third-order valence-electron chi connectivity index (χ3n) is 3.02. The van der Waals surface area contributed by atoms with Gasteiger partial charge in [0.15, 0.2) is 0 Å². The monoisotopic (exact) mass is 222 g/mol. The first kappa shape index (κ1) is 11.4. The number of nitrogens with two attached hydrogens (primary N) is 1. The standard InChI is InChI=1S/C13H19FN2/c1-2-7-16(11-4-5-11)9-10-3-6-13(15)12(14)8-10/h3,6,8,11H,2,4-5,7,9,15H2,1H3. The van der Waals surface area contributed by atoms with Crippen LogP contribution in [-0.2, 0) is 6.54 Å². The molecule has 88 valence electrons. The smallest absolute Gasteiger partial charge is 0.146 e. The third-order valence-corrected chi connectivity index (χ3v) is 3.02. The summed E-state index contributed by atoms with van der Waals surface area (Å²) in [7, 11) is 0. The second-order valence-corrected chi connectivity index (χ2v) is 4.56. The number of anilines is 1. The number of halogens is 1. The fourth-order valence-electron chi connectivity index (χ4n) is 2.02. The van der Waals surface area contributed by atoms with Crippen LogP contribution in [0, 0.1) is 5.82 Å². The van der Waals surface area contributed by atoms with Gasteiger partial charge in [-0.25, -0.2) is 4.39 Å². The molecule has 2 nitrogen and oxygen atoms in total. The fraction of sp³-hybridized carbons (Fsp3) is 0.538. The van der Waals surface area contributed by atoms with Crippen LogP contribution in [0.3, 0.4) is 0 Å². The highest BCUT2D eigenvalue weighted by molar-refractivity contribution is 5.41. The van der Waals surface area contributed by atoms with Crippen LogP contribution in [0.4, 0.5) is 10.1 Å². The summed E-state index contributed by atoms with van der Waals surface area (Å²) in [5.41, 5.74) is 6.72. The Bertz CT molecular complexity index is 361. The molecule has 0 atom stereocenters. The minimum Gasteiger partial charge on any atom is -0.396 e. The van der Waals surface area contributed by atoms with Crippen molar-refractivity contribution in [3.63, 3.8) is 0 Å². The Kier molecular flexibility index (Phi) is 3.44. The van der Waals surface area contributed by atoms with E-state index in [1.807, 2.05) is 6.07 Å². The number of benzene rings is 1. The second-order valence-electron chi connectivity index (χ2n) is 4.56. The van der Waals surface area contributed by atoms with Crippen molar-refractivity contribution in [1.29, 1.82) is 0 Å². The maximum Gasteiger partial charge on any atom is 0.146 e. The normalized spacial score (nSPS) is 15.7. The molecule has 2 rings (SSSR count). The van der Waals surface area contributed by atoms with Gasteiger partial charge in [-0.15, -0.1) is 0 Å². The quantitative estimate of drug-likeness (QED) is 0.776. The summed E-state index contributed by atoms with van der Waals surface area (Å²) in [6.07, 6.45) is 3.73. The van der Waals surface area contributed by atoms with Gasteiger partial charge in [-0.3, -0.25) is 4.90 Å². The molecule has 1 aliphatic carbocycles. The highest BCUT2D eigenvalue weighted by Gasteiger charge is 2.28. The van der Waals surface area contributed by atoms with Crippen molar-refractivity contribution in [2.45, 2.75) is 38.8 Å². The molecule has 1 fully saturated rings. The lowest BCUT2D eigenvalue weighted by molar-refractivity contribution is 0.255. The zero-order valence-electron chi connectivity index (χ0n) is 9.75. The maximum atomic E-state index is 13.3. The van der Waals surface area contributed by atoms with E-state index in [1.165, 1.54) is 12.8 Å². The lowest BCUT2D eigenvalue weighted by Crippen LogP contribution is -2.26. The maximum absolute atomic E-state index is 13.3. The molecule has 0 radical (unpaired) electrons. The van der Waals surface area contributed by atoms with E-state index in [0.29, 0.717) is 0 Å². The van der Waals surface area contributed by atoms with E-state index in [2.05, 4.69) is 11.8 Å². The van der Waals surface area contributed by atoms with Gasteiger partial charge in [0.05, 0.1) is 5.69 Å². The van der Waals surface area contributed by atoms with Gasteiger partial charge in [-0.2, -0.15) is 0 Å². The predicted octanol–water partition coefficient (Wildman–Crippen LogP) is 2.78. The molecule has 0 aromatic heterocycles. The molecule has 0 unspecified atom stereocenters. The van der Waals surface area contributed by atoms with Gasteiger partial charge in [0.1, 0.15) is 5.82 Å². The summed E-state index contributed by atoms with van der Waals surface area (Å²) in [5, 5.41) is 0. The molecule has 0 saturated heterocycles. The Hall–Kier alpha value is -1.09. The molecular weight excluding hydrogens is 203 g/mol. The van der Waals surface area contributed by atoms with Gasteiger partial charge in [0, 0.05) is 12.6 Å². The molecule has 0 amide bonds. The molecule has 1 saturated carbocycles. The largest absolute Gasteiger partial charge is 0.396 e. The number of hydrogen-bond donors (Lipinski definition) is 1. The lowest BCUT2D eigenvalue weighted by Gasteiger charge is -2.21. The Morgan fingerprint density at radius 1 is 1.44 bits per heavy atom. The highest BCUT2D eigenvalue weighted by atomic mass is 19.1. The zero-order valence-corrected chi connectivity index (χ0v) is 9.75. The molecule has 1 aromatic carbocycles. The van der Waals surface area contributed by atoms with E-state index in [4.69, 9.17) is 5.73 Å². The van der Waals surface area contributed by atoms with Crippen molar-refractivity contribution < 1.29 is 4.39 Å². The van der Waals surface area contributed by atoms with Gasteiger partial charge < -0.3 is 5.73 Å². The Balaban J connectivity index is 2.03. The van der Waals surface area contributed by atoms with Crippen LogP contribution >= 0.6 is 0 Å². The minimum absolute atomic E-state index is 0.234. The average molecular weight is 222 g/mol. The summed E-state index contributed by atoms with van der Waals surface area (Å²) in [5.74, 6) is -0.301. The number of nitrogen functional groups attached to an aromatic ring is 1. The molecule has 2 N–H and O–H groups in total. The Morgan fingerprint density at radius 2 is 2.19 bits per heavy atom. The minimum atomic E-state index is -0.301. The van der Waals surface area contributed by atoms with Gasteiger partial charge in [0.2, 0.25) is 0 Å². The summed E-state index contributed by atoms with van der Waals surface area (Å²) in [6, 6.07) is 5.85. The molecule has 16 heavy (non-hydrogen) atoms. The molecule has 0 heterocycles. The summed E-state index contributed by atoms with van der Waals surface area (Å²) in [4.78, 5) is 2.44. The third kappa shape index (κ3) is 2.73. The molecule has 1 aliphatic rings. The first-order valence-electron chi connectivity index (χ1n) is 5.98. The SMILES string of the molecule is CCCN(Cc1ccc(N)c(F)c1)C1CC1. The lowest BCUT2D eigenvalue weighted by atomic mass is 10.2. The van der Waals surface area contributed by atoms with E-state index < -0.39 is 0 Å². The van der Waals surface area contributed by atoms with Crippen LogP contribution in [0.15, 0.2) is 18.2 Å². The van der Waals surface area contributed by atoms with Crippen LogP contribution in [0.1, 0.15) is 31.7 Å². The molecular formula is C13H19FN2. The van der Waals surface area contributed by atoms with Crippen LogP contribution in [0.2, 0.25) is 0 Å². The van der Waals surface area contributed by atoms with E-state index in [1.54, 1.807) is 12.1 Å². The van der Waals surface area contributed by atoms with Crippen molar-refractivity contribution in [1.82, 2.24) is 4.90 Å². The van der Waals surface area contributed by atoms with Crippen LogP contribution in [0.5, 0.6) is 0 Å². The molecule has 0 aliphatic heterocycles. The average Bonchev–Trinajstić information content (AvgIpc) is 3.06. The van der Waals surface area contributed by atoms with E-state index in [9.17, 15) is 4.39 Å². The number of rotatable bonds is 5. The van der Waals surface area contributed by atoms with E-state index in [-0.39, 0.29) is 11.5 Å². The van der Waals surface area contributed by atoms with Gasteiger partial charge in [-0.05, 0) is 43.5 Å². The van der Waals surface area contributed by atoms with Crippen LogP contribution in [0.25, 0.3) is 0 Å². The van der Waals surface area contributed by atoms with E-state index in [0.717, 1.165) is 31.1 Å². The van der Waals surface area contributed by atoms with Gasteiger partial charge in [-0.1, -0.05) is 13.0 Å². The van der Waals surface area contributed by atoms with Crippen molar-refractivity contribution in [2.24, 2.45) is 0 Å². The number of hydrogen-bond acceptors (Lipinski definition) is 2. The molecule has 0 spiro atoms. The Morgan fingerprint density at radius 3 is 2.75 bits per heavy atom. The van der Waals surface area contributed by atoms with Crippen molar-refractivity contribution in [3.05, 3.63) is 29.6 Å². The molecule has 3 heteroatoms. The van der Waals surface area contributed by atoms with Gasteiger partial charge in [0.25, 0.3) is 0 Å². The highest BCUT2D eigenvalue weighted by Crippen LogP contribution is 2.28. The first-order chi connectivity index (χ1) is 7.70. The molecule has 0 bridgehead atoms. The van der Waals surface area contributed by atoms with Crippen LogP contribution in [-0.4, -0.2) is 17.5 Å². The van der Waals surface area contributed by atoms with Crippen molar-refractivity contribution in [2.75, 3.05) is 12.3 Å². The summed E-state index contributed by atoms with van der Waals surface area (Å²) < 4.78 is 13.3. The van der Waals surface area contributed by atoms with Crippen LogP contribution < -0.4 is 5.73 Å². The van der Waals surface area contributed by atoms with Crippen molar-refractivity contribution >= 4 is 5.69 Å². The zero-order chi connectivity index (χ0) is 11.5. The fourth-order valence-corrected chi connectivity index (χ4v) is 2.02. The Labute approximate surface area is 96.2 Å². The van der Waals surface area contributed by atoms with E-state index >= 15 is 0 Å². The first-order valence-corrected chi connectivity index (χ1v) is 5.98. The van der Waals surface area contributed by atoms with Crippen molar-refractivity contribution in [3.8, 4) is 0 Å². The van der Waals surface area contributed by atoms with Gasteiger partial charge >= 0.3 is 0 Å². The summed E-state index contributed by atoms with van der Waals surface area (Å²) in [6.45, 7) is 4.12. The molecule has 1 aromatic rings. The number of nitrogens with zero attached hydrogens (tertiary/aromatic N) is 1. The predicted molar refractivity (Wildman–Crippen MR) is 64.5 cm³/mol.